The van der Waals surface area contributed by atoms with E-state index in [1.54, 1.807) is 55.5 Å². The number of carbonyl (C=O) groups excluding carboxylic acids is 3. The van der Waals surface area contributed by atoms with E-state index in [0.717, 1.165) is 24.2 Å². The minimum absolute atomic E-state index is 0.0159. The van der Waals surface area contributed by atoms with Crippen LogP contribution in [0.4, 0.5) is 5.13 Å². The summed E-state index contributed by atoms with van der Waals surface area (Å²) in [5.41, 5.74) is 1.08. The van der Waals surface area contributed by atoms with Gasteiger partial charge >= 0.3 is 11.9 Å². The molecule has 2 heterocycles. The number of esters is 1. The van der Waals surface area contributed by atoms with Crippen LogP contribution in [0.15, 0.2) is 66.8 Å². The third-order valence-electron chi connectivity index (χ3n) is 6.01. The van der Waals surface area contributed by atoms with Gasteiger partial charge in [-0.3, -0.25) is 14.5 Å². The van der Waals surface area contributed by atoms with Gasteiger partial charge in [0.2, 0.25) is 0 Å². The van der Waals surface area contributed by atoms with E-state index in [-0.39, 0.29) is 27.9 Å². The molecule has 1 saturated heterocycles. The number of ketones is 1. The molecule has 1 N–H and O–H groups in total. The number of Topliss-reactive ketones (excluding diaryl/α,β-unsaturated/α-hetero) is 1. The fourth-order valence-corrected chi connectivity index (χ4v) is 5.20. The lowest BCUT2D eigenvalue weighted by molar-refractivity contribution is -0.132. The van der Waals surface area contributed by atoms with Gasteiger partial charge in [-0.15, -0.1) is 0 Å². The lowest BCUT2D eigenvalue weighted by atomic mass is 9.95. The highest BCUT2D eigenvalue weighted by Crippen LogP contribution is 2.44. The maximum absolute atomic E-state index is 13.4. The molecule has 4 rings (SSSR count). The quantitative estimate of drug-likeness (QED) is 0.0771. The Morgan fingerprint density at radius 1 is 1.23 bits per heavy atom. The zero-order chi connectivity index (χ0) is 28.1. The van der Waals surface area contributed by atoms with E-state index in [1.165, 1.54) is 11.0 Å². The first-order chi connectivity index (χ1) is 18.8. The Morgan fingerprint density at radius 2 is 1.97 bits per heavy atom. The number of hydrogen-bond donors (Lipinski definition) is 1. The van der Waals surface area contributed by atoms with Gasteiger partial charge in [0.25, 0.3) is 5.78 Å². The lowest BCUT2D eigenvalue weighted by Gasteiger charge is -2.23. The average Bonchev–Trinajstić information content (AvgIpc) is 3.44. The zero-order valence-corrected chi connectivity index (χ0v) is 23.1. The van der Waals surface area contributed by atoms with Crippen LogP contribution in [0.3, 0.4) is 0 Å². The Hall–Kier alpha value is -3.95. The van der Waals surface area contributed by atoms with Crippen molar-refractivity contribution in [3.63, 3.8) is 0 Å². The third-order valence-corrected chi connectivity index (χ3v) is 7.40. The molecule has 10 heteroatoms. The van der Waals surface area contributed by atoms with Gasteiger partial charge < -0.3 is 14.6 Å². The van der Waals surface area contributed by atoms with E-state index in [0.29, 0.717) is 34.2 Å². The number of thiazole rings is 1. The second-order valence-electron chi connectivity index (χ2n) is 8.75. The molecule has 2 aromatic carbocycles. The van der Waals surface area contributed by atoms with Gasteiger partial charge in [-0.1, -0.05) is 73.2 Å². The van der Waals surface area contributed by atoms with Crippen LogP contribution in [-0.2, 0) is 14.3 Å². The molecule has 1 aromatic heterocycles. The molecule has 1 atom stereocenters. The van der Waals surface area contributed by atoms with Gasteiger partial charge in [-0.25, -0.2) is 9.78 Å². The topological polar surface area (TPSA) is 106 Å². The number of benzene rings is 2. The number of aliphatic hydroxyl groups is 1. The Kier molecular flexibility index (Phi) is 8.83. The fraction of sp³-hybridized carbons (Fsp3) is 0.241. The van der Waals surface area contributed by atoms with Gasteiger partial charge in [-0.05, 0) is 43.2 Å². The van der Waals surface area contributed by atoms with E-state index >= 15 is 0 Å². The molecule has 3 aromatic rings. The third kappa shape index (κ3) is 5.89. The molecule has 0 aliphatic carbocycles. The van der Waals surface area contributed by atoms with Crippen molar-refractivity contribution >= 4 is 51.5 Å². The molecule has 0 bridgehead atoms. The smallest absolute Gasteiger partial charge is 0.350 e. The van der Waals surface area contributed by atoms with Crippen molar-refractivity contribution in [1.29, 1.82) is 0 Å². The van der Waals surface area contributed by atoms with Gasteiger partial charge in [-0.2, -0.15) is 0 Å². The Morgan fingerprint density at radius 3 is 2.67 bits per heavy atom. The van der Waals surface area contributed by atoms with Crippen LogP contribution in [0, 0.1) is 6.92 Å². The number of aromatic nitrogens is 1. The van der Waals surface area contributed by atoms with Crippen LogP contribution in [0.5, 0.6) is 5.75 Å². The maximum atomic E-state index is 13.4. The number of unbranched alkanes of at least 4 members (excludes halogenated alkanes) is 1. The molecule has 0 radical (unpaired) electrons. The van der Waals surface area contributed by atoms with Crippen LogP contribution in [0.25, 0.3) is 5.76 Å². The van der Waals surface area contributed by atoms with Crippen LogP contribution < -0.4 is 9.64 Å². The molecule has 0 saturated carbocycles. The summed E-state index contributed by atoms with van der Waals surface area (Å²) in [7, 11) is 0. The Bertz CT molecular complexity index is 1450. The lowest BCUT2D eigenvalue weighted by Crippen LogP contribution is -2.29. The number of amides is 1. The number of aliphatic hydroxyl groups excluding tert-OH is 1. The molecule has 1 fully saturated rings. The summed E-state index contributed by atoms with van der Waals surface area (Å²) in [4.78, 5) is 45.2. The molecule has 1 aliphatic heterocycles. The van der Waals surface area contributed by atoms with E-state index in [1.807, 2.05) is 0 Å². The van der Waals surface area contributed by atoms with Crippen LogP contribution in [0.1, 0.15) is 52.3 Å². The molecular weight excluding hydrogens is 540 g/mol. The monoisotopic (exact) mass is 566 g/mol. The number of aryl methyl sites for hydroxylation is 1. The molecule has 1 amide bonds. The number of carbonyl (C=O) groups is 3. The Labute approximate surface area is 235 Å². The summed E-state index contributed by atoms with van der Waals surface area (Å²) in [5.74, 6) is -2.20. The first-order valence-corrected chi connectivity index (χ1v) is 13.5. The summed E-state index contributed by atoms with van der Waals surface area (Å²) in [6, 6.07) is 12.3. The summed E-state index contributed by atoms with van der Waals surface area (Å²) in [5, 5.41) is 12.0. The summed E-state index contributed by atoms with van der Waals surface area (Å²) in [6.45, 7) is 7.73. The highest BCUT2D eigenvalue weighted by Gasteiger charge is 2.48. The molecule has 1 unspecified atom stereocenters. The number of anilines is 1. The predicted molar refractivity (Wildman–Crippen MR) is 150 cm³/mol. The van der Waals surface area contributed by atoms with Crippen molar-refractivity contribution < 1.29 is 29.0 Å². The highest BCUT2D eigenvalue weighted by molar-refractivity contribution is 7.17. The van der Waals surface area contributed by atoms with Crippen molar-refractivity contribution in [2.45, 2.75) is 32.7 Å². The Balaban J connectivity index is 1.82. The second-order valence-corrected chi connectivity index (χ2v) is 10.2. The van der Waals surface area contributed by atoms with Crippen LogP contribution >= 0.6 is 22.9 Å². The summed E-state index contributed by atoms with van der Waals surface area (Å²) >= 11 is 7.03. The zero-order valence-electron chi connectivity index (χ0n) is 21.5. The van der Waals surface area contributed by atoms with Crippen molar-refractivity contribution in [3.8, 4) is 5.75 Å². The normalized spacial score (nSPS) is 16.4. The van der Waals surface area contributed by atoms with E-state index in [9.17, 15) is 19.5 Å². The van der Waals surface area contributed by atoms with Gasteiger partial charge in [0, 0.05) is 10.6 Å². The minimum Gasteiger partial charge on any atom is -0.507 e. The fourth-order valence-electron chi connectivity index (χ4n) is 4.09. The summed E-state index contributed by atoms with van der Waals surface area (Å²) in [6.07, 6.45) is 3.28. The number of rotatable bonds is 10. The number of ether oxygens (including phenoxy) is 2. The minimum atomic E-state index is -1.02. The van der Waals surface area contributed by atoms with E-state index < -0.39 is 23.7 Å². The second kappa shape index (κ2) is 12.3. The summed E-state index contributed by atoms with van der Waals surface area (Å²) < 4.78 is 10.9. The first kappa shape index (κ1) is 28.1. The van der Waals surface area contributed by atoms with Gasteiger partial charge in [0.15, 0.2) is 5.13 Å². The molecule has 39 heavy (non-hydrogen) atoms. The standard InChI is InChI=1S/C29H27ClN2O6S/c1-4-6-15-37-21-9-7-8-19(16-21)24(33)22-23(18-10-12-20(30)13-11-18)32(27(35)25(22)34)29-31-17(3)26(39-29)28(36)38-14-5-2/h5,7-13,16,23,33H,2,4,6,14-15H2,1,3H3. The average molecular weight is 567 g/mol. The van der Waals surface area contributed by atoms with Crippen molar-refractivity contribution in [1.82, 2.24) is 4.98 Å². The molecule has 0 spiro atoms. The SMILES string of the molecule is C=CCOC(=O)c1sc(N2C(=O)C(=O)C(=C(O)c3cccc(OCCCC)c3)C2c2ccc(Cl)cc2)nc1C. The maximum Gasteiger partial charge on any atom is 0.350 e. The van der Waals surface area contributed by atoms with Crippen LogP contribution in [0.2, 0.25) is 5.02 Å². The van der Waals surface area contributed by atoms with Crippen molar-refractivity contribution in [3.05, 3.63) is 93.5 Å². The van der Waals surface area contributed by atoms with Crippen LogP contribution in [-0.4, -0.2) is 41.0 Å². The highest BCUT2D eigenvalue weighted by atomic mass is 35.5. The number of halogens is 1. The van der Waals surface area contributed by atoms with E-state index in [4.69, 9.17) is 21.1 Å². The molecule has 202 valence electrons. The van der Waals surface area contributed by atoms with Crippen molar-refractivity contribution in [2.24, 2.45) is 0 Å². The van der Waals surface area contributed by atoms with E-state index in [2.05, 4.69) is 18.5 Å². The molecule has 1 aliphatic rings. The number of hydrogen-bond acceptors (Lipinski definition) is 8. The van der Waals surface area contributed by atoms with Crippen molar-refractivity contribution in [2.75, 3.05) is 18.1 Å². The largest absolute Gasteiger partial charge is 0.507 e. The van der Waals surface area contributed by atoms with Gasteiger partial charge in [0.05, 0.1) is 23.9 Å². The first-order valence-electron chi connectivity index (χ1n) is 12.3. The van der Waals surface area contributed by atoms with Gasteiger partial charge in [0.1, 0.15) is 23.0 Å². The molecular formula is C29H27ClN2O6S. The number of nitrogens with zero attached hydrogens (tertiary/aromatic N) is 2. The predicted octanol–water partition coefficient (Wildman–Crippen LogP) is 6.25. The molecule has 8 nitrogen and oxygen atoms in total.